The molecule has 6 nitrogen and oxygen atoms in total. The molecule has 0 fully saturated rings. The first-order chi connectivity index (χ1) is 14.3. The summed E-state index contributed by atoms with van der Waals surface area (Å²) in [7, 11) is 2.90. The van der Waals surface area contributed by atoms with Gasteiger partial charge in [0, 0.05) is 40.9 Å². The number of benzene rings is 1. The number of esters is 1. The second-order valence-corrected chi connectivity index (χ2v) is 8.01. The molecule has 0 radical (unpaired) electrons. The number of nitrogens with zero attached hydrogens (tertiary/aromatic N) is 2. The number of amides is 1. The van der Waals surface area contributed by atoms with E-state index in [9.17, 15) is 9.59 Å². The highest BCUT2D eigenvalue weighted by Gasteiger charge is 2.37. The maximum atomic E-state index is 13.1. The Kier molecular flexibility index (Phi) is 6.63. The fraction of sp³-hybridized carbons (Fsp3) is 0.304. The van der Waals surface area contributed by atoms with E-state index < -0.39 is 5.97 Å². The van der Waals surface area contributed by atoms with Gasteiger partial charge < -0.3 is 18.9 Å². The molecule has 0 unspecified atom stereocenters. The Balaban J connectivity index is 2.09. The molecule has 3 rings (SSSR count). The topological polar surface area (TPSA) is 60.8 Å². The molecule has 2 heterocycles. The van der Waals surface area contributed by atoms with Crippen molar-refractivity contribution in [3.8, 4) is 5.69 Å². The molecule has 1 aromatic carbocycles. The Morgan fingerprint density at radius 3 is 2.40 bits per heavy atom. The van der Waals surface area contributed by atoms with Crippen LogP contribution < -0.4 is 0 Å². The van der Waals surface area contributed by atoms with Crippen molar-refractivity contribution in [1.82, 2.24) is 9.47 Å². The standard InChI is InChI=1S/C23H25BrN2O4/c1-14-12-17(15(2)26(14)19-8-6-18(24)7-9-19)13-20-21(23(28)30-5)16(3)25(22(20)27)10-11-29-4/h6-9,12-13H,10-11H2,1-5H3/b20-13-. The number of carbonyl (C=O) groups excluding carboxylic acids is 2. The average molecular weight is 473 g/mol. The third kappa shape index (κ3) is 4.00. The SMILES string of the molecule is COCCN1C(=O)/C(=C\c2cc(C)n(-c3ccc(Br)cc3)c2C)C(C(=O)OC)=C1C. The van der Waals surface area contributed by atoms with Crippen molar-refractivity contribution in [1.29, 1.82) is 0 Å². The molecule has 7 heteroatoms. The highest BCUT2D eigenvalue weighted by atomic mass is 79.9. The van der Waals surface area contributed by atoms with Crippen LogP contribution in [0.4, 0.5) is 0 Å². The van der Waals surface area contributed by atoms with Gasteiger partial charge in [-0.25, -0.2) is 4.79 Å². The van der Waals surface area contributed by atoms with Crippen LogP contribution in [0.15, 0.2) is 51.6 Å². The van der Waals surface area contributed by atoms with Gasteiger partial charge in [-0.05, 0) is 62.7 Å². The highest BCUT2D eigenvalue weighted by molar-refractivity contribution is 9.10. The zero-order chi connectivity index (χ0) is 22.0. The molecule has 30 heavy (non-hydrogen) atoms. The van der Waals surface area contributed by atoms with Gasteiger partial charge in [0.05, 0.1) is 24.9 Å². The Labute approximate surface area is 184 Å². The van der Waals surface area contributed by atoms with E-state index in [-0.39, 0.29) is 5.91 Å². The van der Waals surface area contributed by atoms with Gasteiger partial charge >= 0.3 is 5.97 Å². The van der Waals surface area contributed by atoms with Crippen LogP contribution in [0.2, 0.25) is 0 Å². The van der Waals surface area contributed by atoms with Crippen molar-refractivity contribution in [2.24, 2.45) is 0 Å². The largest absolute Gasteiger partial charge is 0.465 e. The highest BCUT2D eigenvalue weighted by Crippen LogP contribution is 2.33. The molecule has 0 saturated carbocycles. The van der Waals surface area contributed by atoms with Crippen molar-refractivity contribution in [3.63, 3.8) is 0 Å². The number of methoxy groups -OCH3 is 2. The summed E-state index contributed by atoms with van der Waals surface area (Å²) in [6.07, 6.45) is 1.78. The molecule has 1 aliphatic heterocycles. The molecule has 0 atom stereocenters. The van der Waals surface area contributed by atoms with E-state index in [2.05, 4.69) is 20.5 Å². The average Bonchev–Trinajstić information content (AvgIpc) is 3.13. The van der Waals surface area contributed by atoms with Gasteiger partial charge in [-0.3, -0.25) is 4.79 Å². The van der Waals surface area contributed by atoms with Gasteiger partial charge in [-0.15, -0.1) is 0 Å². The lowest BCUT2D eigenvalue weighted by atomic mass is 10.0. The van der Waals surface area contributed by atoms with E-state index in [1.807, 2.05) is 44.2 Å². The molecule has 0 N–H and O–H groups in total. The van der Waals surface area contributed by atoms with Crippen molar-refractivity contribution in [3.05, 3.63) is 68.6 Å². The number of hydrogen-bond donors (Lipinski definition) is 0. The zero-order valence-corrected chi connectivity index (χ0v) is 19.4. The van der Waals surface area contributed by atoms with Crippen LogP contribution in [0, 0.1) is 13.8 Å². The first-order valence-electron chi connectivity index (χ1n) is 9.57. The third-order valence-electron chi connectivity index (χ3n) is 5.28. The molecule has 0 spiro atoms. The van der Waals surface area contributed by atoms with Gasteiger partial charge in [0.1, 0.15) is 0 Å². The van der Waals surface area contributed by atoms with Crippen LogP contribution in [0.25, 0.3) is 11.8 Å². The summed E-state index contributed by atoms with van der Waals surface area (Å²) in [6.45, 7) is 6.52. The Morgan fingerprint density at radius 2 is 1.80 bits per heavy atom. The van der Waals surface area contributed by atoms with E-state index in [0.29, 0.717) is 30.0 Å². The molecular weight excluding hydrogens is 448 g/mol. The van der Waals surface area contributed by atoms with Gasteiger partial charge in [0.15, 0.2) is 0 Å². The van der Waals surface area contributed by atoms with E-state index in [4.69, 9.17) is 9.47 Å². The minimum atomic E-state index is -0.520. The van der Waals surface area contributed by atoms with Crippen LogP contribution in [-0.2, 0) is 19.1 Å². The predicted molar refractivity (Wildman–Crippen MR) is 119 cm³/mol. The summed E-state index contributed by atoms with van der Waals surface area (Å²) in [5.41, 5.74) is 5.13. The minimum Gasteiger partial charge on any atom is -0.465 e. The number of ether oxygens (including phenoxy) is 2. The monoisotopic (exact) mass is 472 g/mol. The lowest BCUT2D eigenvalue weighted by Gasteiger charge is -2.16. The molecule has 2 aromatic rings. The first kappa shape index (κ1) is 22.1. The van der Waals surface area contributed by atoms with E-state index in [1.54, 1.807) is 25.0 Å². The van der Waals surface area contributed by atoms with Crippen LogP contribution in [0.1, 0.15) is 23.9 Å². The number of allylic oxidation sites excluding steroid dienone is 1. The second kappa shape index (κ2) is 9.02. The van der Waals surface area contributed by atoms with Crippen molar-refractivity contribution < 1.29 is 19.1 Å². The summed E-state index contributed by atoms with van der Waals surface area (Å²) < 4.78 is 13.2. The molecule has 0 aliphatic carbocycles. The lowest BCUT2D eigenvalue weighted by Crippen LogP contribution is -2.28. The smallest absolute Gasteiger partial charge is 0.340 e. The molecular formula is C23H25BrN2O4. The Bertz CT molecular complexity index is 1050. The van der Waals surface area contributed by atoms with Crippen LogP contribution in [-0.4, -0.2) is 48.7 Å². The molecule has 1 amide bonds. The van der Waals surface area contributed by atoms with Gasteiger partial charge in [0.25, 0.3) is 5.91 Å². The quantitative estimate of drug-likeness (QED) is 0.467. The fourth-order valence-corrected chi connectivity index (χ4v) is 4.02. The maximum absolute atomic E-state index is 13.1. The Hall–Kier alpha value is -2.64. The molecule has 1 aliphatic rings. The molecule has 1 aromatic heterocycles. The van der Waals surface area contributed by atoms with Crippen molar-refractivity contribution >= 4 is 33.9 Å². The predicted octanol–water partition coefficient (Wildman–Crippen LogP) is 4.18. The summed E-state index contributed by atoms with van der Waals surface area (Å²) in [6, 6.07) is 10.0. The van der Waals surface area contributed by atoms with Crippen molar-refractivity contribution in [2.75, 3.05) is 27.4 Å². The minimum absolute atomic E-state index is 0.224. The Morgan fingerprint density at radius 1 is 1.13 bits per heavy atom. The van der Waals surface area contributed by atoms with E-state index in [1.165, 1.54) is 7.11 Å². The zero-order valence-electron chi connectivity index (χ0n) is 17.8. The number of rotatable bonds is 6. The summed E-state index contributed by atoms with van der Waals surface area (Å²) in [5, 5.41) is 0. The number of aryl methyl sites for hydroxylation is 1. The number of hydrogen-bond acceptors (Lipinski definition) is 4. The summed E-state index contributed by atoms with van der Waals surface area (Å²) in [4.78, 5) is 27.1. The number of carbonyl (C=O) groups is 2. The van der Waals surface area contributed by atoms with Gasteiger partial charge in [-0.1, -0.05) is 15.9 Å². The molecule has 0 bridgehead atoms. The summed E-state index contributed by atoms with van der Waals surface area (Å²) in [5.74, 6) is -0.743. The van der Waals surface area contributed by atoms with E-state index in [0.717, 1.165) is 27.1 Å². The molecule has 158 valence electrons. The van der Waals surface area contributed by atoms with Crippen molar-refractivity contribution in [2.45, 2.75) is 20.8 Å². The lowest BCUT2D eigenvalue weighted by molar-refractivity contribution is -0.136. The maximum Gasteiger partial charge on any atom is 0.340 e. The van der Waals surface area contributed by atoms with Crippen LogP contribution >= 0.6 is 15.9 Å². The third-order valence-corrected chi connectivity index (χ3v) is 5.80. The normalized spacial score (nSPS) is 15.5. The van der Waals surface area contributed by atoms with Gasteiger partial charge in [0.2, 0.25) is 0 Å². The fourth-order valence-electron chi connectivity index (χ4n) is 3.76. The van der Waals surface area contributed by atoms with E-state index >= 15 is 0 Å². The second-order valence-electron chi connectivity index (χ2n) is 7.10. The van der Waals surface area contributed by atoms with Gasteiger partial charge in [-0.2, -0.15) is 0 Å². The van der Waals surface area contributed by atoms with Crippen LogP contribution in [0.3, 0.4) is 0 Å². The van der Waals surface area contributed by atoms with Crippen LogP contribution in [0.5, 0.6) is 0 Å². The summed E-state index contributed by atoms with van der Waals surface area (Å²) >= 11 is 3.46. The first-order valence-corrected chi connectivity index (χ1v) is 10.4. The molecule has 0 saturated heterocycles. The number of aromatic nitrogens is 1. The number of halogens is 1.